The fourth-order valence-corrected chi connectivity index (χ4v) is 2.63. The van der Waals surface area contributed by atoms with Crippen molar-refractivity contribution in [2.75, 3.05) is 11.9 Å². The Labute approximate surface area is 131 Å². The van der Waals surface area contributed by atoms with Gasteiger partial charge in [-0.2, -0.15) is 0 Å². The molecule has 0 unspecified atom stereocenters. The quantitative estimate of drug-likeness (QED) is 0.730. The van der Waals surface area contributed by atoms with E-state index in [0.717, 1.165) is 11.3 Å². The van der Waals surface area contributed by atoms with Gasteiger partial charge >= 0.3 is 11.1 Å². The molecule has 1 heterocycles. The molecule has 0 aliphatic rings. The zero-order chi connectivity index (χ0) is 15.7. The summed E-state index contributed by atoms with van der Waals surface area (Å²) in [5.74, 6) is 0. The highest BCUT2D eigenvalue weighted by Crippen LogP contribution is 2.27. The van der Waals surface area contributed by atoms with Gasteiger partial charge in [0.15, 0.2) is 0 Å². The normalized spacial score (nSPS) is 10.8. The summed E-state index contributed by atoms with van der Waals surface area (Å²) in [4.78, 5) is 30.2. The predicted molar refractivity (Wildman–Crippen MR) is 88.7 cm³/mol. The number of nitrogens with zero attached hydrogens (tertiary/aromatic N) is 1. The number of hydrogen-bond acceptors (Lipinski definition) is 3. The minimum absolute atomic E-state index is 0.491. The molecule has 0 aliphatic carbocycles. The van der Waals surface area contributed by atoms with E-state index >= 15 is 0 Å². The van der Waals surface area contributed by atoms with Crippen LogP contribution in [-0.4, -0.2) is 17.0 Å². The lowest BCUT2D eigenvalue weighted by atomic mass is 10.2. The van der Waals surface area contributed by atoms with E-state index in [1.807, 2.05) is 42.3 Å². The second-order valence-electron chi connectivity index (χ2n) is 5.10. The van der Waals surface area contributed by atoms with Gasteiger partial charge in [0.25, 0.3) is 0 Å². The molecule has 0 bridgehead atoms. The number of benzene rings is 2. The molecule has 0 amide bonds. The molecule has 3 rings (SSSR count). The van der Waals surface area contributed by atoms with E-state index in [9.17, 15) is 9.59 Å². The van der Waals surface area contributed by atoms with E-state index in [1.165, 1.54) is 0 Å². The molecule has 3 aromatic rings. The summed E-state index contributed by atoms with van der Waals surface area (Å²) < 4.78 is 0. The minimum Gasteiger partial charge on any atom is -0.368 e. The molecule has 0 saturated carbocycles. The maximum Gasteiger partial charge on any atom is 0.314 e. The third-order valence-electron chi connectivity index (χ3n) is 3.45. The number of nitrogens with one attached hydrogen (secondary N) is 2. The number of halogens is 1. The Morgan fingerprint density at radius 3 is 2.45 bits per heavy atom. The number of aromatic nitrogens is 2. The van der Waals surface area contributed by atoms with E-state index in [4.69, 9.17) is 11.6 Å². The van der Waals surface area contributed by atoms with Crippen molar-refractivity contribution in [3.8, 4) is 0 Å². The van der Waals surface area contributed by atoms with Crippen LogP contribution >= 0.6 is 11.6 Å². The molecule has 5 nitrogen and oxygen atoms in total. The van der Waals surface area contributed by atoms with Crippen molar-refractivity contribution >= 4 is 28.3 Å². The first-order valence-electron chi connectivity index (χ1n) is 6.75. The molecule has 0 radical (unpaired) electrons. The Hall–Kier alpha value is -2.53. The minimum atomic E-state index is -0.688. The molecular formula is C16H14ClN3O2. The number of rotatable bonds is 3. The first-order chi connectivity index (χ1) is 10.5. The largest absolute Gasteiger partial charge is 0.368 e. The Kier molecular flexibility index (Phi) is 3.73. The van der Waals surface area contributed by atoms with Gasteiger partial charge in [-0.1, -0.05) is 41.9 Å². The molecule has 6 heteroatoms. The van der Waals surface area contributed by atoms with Crippen LogP contribution < -0.4 is 16.0 Å². The summed E-state index contributed by atoms with van der Waals surface area (Å²) in [6, 6.07) is 13.3. The highest BCUT2D eigenvalue weighted by atomic mass is 35.5. The summed E-state index contributed by atoms with van der Waals surface area (Å²) in [7, 11) is 1.90. The van der Waals surface area contributed by atoms with E-state index in [2.05, 4.69) is 9.97 Å². The molecule has 0 aliphatic heterocycles. The monoisotopic (exact) mass is 315 g/mol. The van der Waals surface area contributed by atoms with E-state index in [1.54, 1.807) is 12.1 Å². The molecule has 0 spiro atoms. The van der Waals surface area contributed by atoms with Gasteiger partial charge in [-0.05, 0) is 17.7 Å². The number of fused-ring (bicyclic) bond motifs is 1. The van der Waals surface area contributed by atoms with Crippen molar-refractivity contribution in [3.63, 3.8) is 0 Å². The van der Waals surface area contributed by atoms with Crippen LogP contribution in [0.4, 0.5) is 5.69 Å². The number of anilines is 1. The molecule has 2 N–H and O–H groups in total. The second-order valence-corrected chi connectivity index (χ2v) is 5.53. The smallest absolute Gasteiger partial charge is 0.314 e. The summed E-state index contributed by atoms with van der Waals surface area (Å²) in [5, 5.41) is 0.491. The molecule has 1 aromatic heterocycles. The van der Waals surface area contributed by atoms with Gasteiger partial charge in [-0.3, -0.25) is 9.59 Å². The zero-order valence-corrected chi connectivity index (χ0v) is 12.6. The molecule has 112 valence electrons. The standard InChI is InChI=1S/C16H14ClN3O2/c1-20(9-10-5-3-2-4-6-10)13-8-11(17)7-12-14(13)19-16(22)15(21)18-12/h2-8H,9H2,1H3,(H,18,21)(H,19,22). The van der Waals surface area contributed by atoms with Gasteiger partial charge in [0.2, 0.25) is 0 Å². The van der Waals surface area contributed by atoms with Gasteiger partial charge in [-0.15, -0.1) is 0 Å². The first kappa shape index (κ1) is 14.4. The van der Waals surface area contributed by atoms with Crippen LogP contribution in [0.25, 0.3) is 11.0 Å². The molecule has 0 saturated heterocycles. The van der Waals surface area contributed by atoms with Crippen LogP contribution in [0.15, 0.2) is 52.1 Å². The van der Waals surface area contributed by atoms with Gasteiger partial charge in [0.05, 0.1) is 16.7 Å². The highest BCUT2D eigenvalue weighted by molar-refractivity contribution is 6.31. The van der Waals surface area contributed by atoms with Crippen LogP contribution in [-0.2, 0) is 6.54 Å². The van der Waals surface area contributed by atoms with Crippen molar-refractivity contribution in [1.82, 2.24) is 9.97 Å². The maximum absolute atomic E-state index is 11.6. The van der Waals surface area contributed by atoms with Crippen molar-refractivity contribution in [1.29, 1.82) is 0 Å². The van der Waals surface area contributed by atoms with Crippen LogP contribution in [0.3, 0.4) is 0 Å². The Morgan fingerprint density at radius 2 is 1.73 bits per heavy atom. The van der Waals surface area contributed by atoms with Crippen LogP contribution in [0.5, 0.6) is 0 Å². The Balaban J connectivity index is 2.11. The molecule has 22 heavy (non-hydrogen) atoms. The summed E-state index contributed by atoms with van der Waals surface area (Å²) >= 11 is 6.12. The van der Waals surface area contributed by atoms with Gasteiger partial charge < -0.3 is 14.9 Å². The lowest BCUT2D eigenvalue weighted by Gasteiger charge is -2.21. The zero-order valence-electron chi connectivity index (χ0n) is 11.9. The van der Waals surface area contributed by atoms with Gasteiger partial charge in [0, 0.05) is 18.6 Å². The topological polar surface area (TPSA) is 69.0 Å². The van der Waals surface area contributed by atoms with Crippen molar-refractivity contribution in [2.24, 2.45) is 0 Å². The average Bonchev–Trinajstić information content (AvgIpc) is 2.49. The third-order valence-corrected chi connectivity index (χ3v) is 3.67. The van der Waals surface area contributed by atoms with Gasteiger partial charge in [-0.25, -0.2) is 0 Å². The van der Waals surface area contributed by atoms with Crippen molar-refractivity contribution in [3.05, 3.63) is 73.8 Å². The first-order valence-corrected chi connectivity index (χ1v) is 7.13. The van der Waals surface area contributed by atoms with Crippen molar-refractivity contribution < 1.29 is 0 Å². The number of aromatic amines is 2. The van der Waals surface area contributed by atoms with Crippen molar-refractivity contribution in [2.45, 2.75) is 6.54 Å². The fraction of sp³-hybridized carbons (Fsp3) is 0.125. The summed E-state index contributed by atoms with van der Waals surface area (Å²) in [6.07, 6.45) is 0. The van der Waals surface area contributed by atoms with Crippen LogP contribution in [0.2, 0.25) is 5.02 Å². The van der Waals surface area contributed by atoms with E-state index in [-0.39, 0.29) is 0 Å². The third kappa shape index (κ3) is 2.76. The lowest BCUT2D eigenvalue weighted by Crippen LogP contribution is -2.29. The van der Waals surface area contributed by atoms with E-state index < -0.39 is 11.1 Å². The van der Waals surface area contributed by atoms with Crippen LogP contribution in [0, 0.1) is 0 Å². The summed E-state index contributed by atoms with van der Waals surface area (Å²) in [5.41, 5.74) is 1.58. The van der Waals surface area contributed by atoms with Gasteiger partial charge in [0.1, 0.15) is 0 Å². The van der Waals surface area contributed by atoms with Crippen LogP contribution in [0.1, 0.15) is 5.56 Å². The summed E-state index contributed by atoms with van der Waals surface area (Å²) in [6.45, 7) is 0.650. The Morgan fingerprint density at radius 1 is 1.05 bits per heavy atom. The lowest BCUT2D eigenvalue weighted by molar-refractivity contribution is 0.924. The fourth-order valence-electron chi connectivity index (χ4n) is 2.42. The highest BCUT2D eigenvalue weighted by Gasteiger charge is 2.11. The number of H-pyrrole nitrogens is 2. The predicted octanol–water partition coefficient (Wildman–Crippen LogP) is 2.51. The molecular weight excluding hydrogens is 302 g/mol. The second kappa shape index (κ2) is 5.69. The van der Waals surface area contributed by atoms with E-state index in [0.29, 0.717) is 22.6 Å². The molecule has 2 aromatic carbocycles. The molecule has 0 atom stereocenters. The SMILES string of the molecule is CN(Cc1ccccc1)c1cc(Cl)cc2[nH]c(=O)c(=O)[nH]c12. The molecule has 0 fully saturated rings. The average molecular weight is 316 g/mol. The number of hydrogen-bond donors (Lipinski definition) is 2. The maximum atomic E-state index is 11.6. The Bertz CT molecular complexity index is 932.